The zero-order chi connectivity index (χ0) is 21.3. The highest BCUT2D eigenvalue weighted by atomic mass is 19.1. The molecule has 0 bridgehead atoms. The Balaban J connectivity index is 1.55. The third-order valence-electron chi connectivity index (χ3n) is 5.85. The van der Waals surface area contributed by atoms with Crippen LogP contribution >= 0.6 is 0 Å². The fraction of sp³-hybridized carbons (Fsp3) is 0.375. The molecule has 0 aliphatic carbocycles. The number of aromatic nitrogens is 1. The molecule has 0 N–H and O–H groups in total. The molecule has 0 radical (unpaired) electrons. The predicted molar refractivity (Wildman–Crippen MR) is 116 cm³/mol. The summed E-state index contributed by atoms with van der Waals surface area (Å²) >= 11 is 0. The number of rotatable bonds is 5. The summed E-state index contributed by atoms with van der Waals surface area (Å²) in [5.41, 5.74) is 4.09. The number of fused-ring (bicyclic) bond motifs is 1. The zero-order valence-electron chi connectivity index (χ0n) is 17.7. The van der Waals surface area contributed by atoms with Gasteiger partial charge in [0.25, 0.3) is 0 Å². The molecule has 0 saturated carbocycles. The first-order valence-corrected chi connectivity index (χ1v) is 10.4. The van der Waals surface area contributed by atoms with E-state index in [4.69, 9.17) is 9.47 Å². The first-order valence-electron chi connectivity index (χ1n) is 10.4. The molecule has 1 saturated heterocycles. The summed E-state index contributed by atoms with van der Waals surface area (Å²) in [5, 5.41) is 0.843. The summed E-state index contributed by atoms with van der Waals surface area (Å²) in [7, 11) is 1.48. The topological polar surface area (TPSA) is 43.7 Å². The maximum atomic E-state index is 14.1. The van der Waals surface area contributed by atoms with Crippen LogP contribution in [0.3, 0.4) is 0 Å². The van der Waals surface area contributed by atoms with Crippen LogP contribution in [-0.2, 0) is 9.53 Å². The molecule has 3 aromatic rings. The predicted octanol–water partition coefficient (Wildman–Crippen LogP) is 4.87. The van der Waals surface area contributed by atoms with Crippen molar-refractivity contribution in [1.82, 2.24) is 4.57 Å². The number of carbonyl (C=O) groups is 1. The van der Waals surface area contributed by atoms with E-state index in [1.54, 1.807) is 6.07 Å². The third-order valence-corrected chi connectivity index (χ3v) is 5.85. The van der Waals surface area contributed by atoms with E-state index in [9.17, 15) is 9.18 Å². The van der Waals surface area contributed by atoms with E-state index < -0.39 is 0 Å². The molecule has 1 aromatic heterocycles. The lowest BCUT2D eigenvalue weighted by Crippen LogP contribution is -2.36. The van der Waals surface area contributed by atoms with Crippen LogP contribution in [0, 0.1) is 18.7 Å². The van der Waals surface area contributed by atoms with Crippen LogP contribution < -0.4 is 9.64 Å². The number of nitrogens with zero attached hydrogens (tertiary/aromatic N) is 2. The van der Waals surface area contributed by atoms with Gasteiger partial charge >= 0.3 is 5.97 Å². The van der Waals surface area contributed by atoms with Crippen molar-refractivity contribution in [1.29, 1.82) is 0 Å². The molecule has 1 aliphatic rings. The highest BCUT2D eigenvalue weighted by Gasteiger charge is 2.26. The van der Waals surface area contributed by atoms with Crippen molar-refractivity contribution in [3.05, 3.63) is 54.0 Å². The molecule has 5 nitrogen and oxygen atoms in total. The molecule has 4 rings (SSSR count). The number of hydrogen-bond acceptors (Lipinski definition) is 4. The molecule has 0 atom stereocenters. The van der Waals surface area contributed by atoms with E-state index in [1.165, 1.54) is 13.2 Å². The number of aryl methyl sites for hydroxylation is 1. The Morgan fingerprint density at radius 1 is 1.10 bits per heavy atom. The molecule has 0 amide bonds. The van der Waals surface area contributed by atoms with Crippen molar-refractivity contribution in [2.45, 2.75) is 26.7 Å². The second kappa shape index (κ2) is 8.38. The molecule has 2 aromatic carbocycles. The quantitative estimate of drug-likeness (QED) is 0.563. The van der Waals surface area contributed by atoms with E-state index in [2.05, 4.69) is 33.7 Å². The number of methoxy groups -OCH3 is 1. The molecule has 30 heavy (non-hydrogen) atoms. The van der Waals surface area contributed by atoms with Crippen molar-refractivity contribution >= 4 is 22.6 Å². The summed E-state index contributed by atoms with van der Waals surface area (Å²) in [4.78, 5) is 14.3. The lowest BCUT2D eigenvalue weighted by molar-refractivity contribution is -0.148. The van der Waals surface area contributed by atoms with Gasteiger partial charge in [-0.25, -0.2) is 4.39 Å². The second-order valence-electron chi connectivity index (χ2n) is 7.70. The van der Waals surface area contributed by atoms with Gasteiger partial charge in [0, 0.05) is 41.6 Å². The normalized spacial score (nSPS) is 14.9. The molecule has 0 spiro atoms. The lowest BCUT2D eigenvalue weighted by atomic mass is 9.96. The first kappa shape index (κ1) is 20.3. The van der Waals surface area contributed by atoms with Crippen LogP contribution in [0.5, 0.6) is 5.75 Å². The van der Waals surface area contributed by atoms with Gasteiger partial charge in [-0.3, -0.25) is 4.79 Å². The summed E-state index contributed by atoms with van der Waals surface area (Å²) in [6.45, 7) is 5.97. The van der Waals surface area contributed by atoms with E-state index in [-0.39, 0.29) is 23.5 Å². The molecule has 158 valence electrons. The minimum absolute atomic E-state index is 0.00439. The van der Waals surface area contributed by atoms with Gasteiger partial charge in [-0.05, 0) is 63.1 Å². The third kappa shape index (κ3) is 3.74. The Kier molecular flexibility index (Phi) is 5.66. The molecule has 6 heteroatoms. The minimum Gasteiger partial charge on any atom is -0.494 e. The standard InChI is InChI=1S/C24H27FN2O3/c1-4-30-24(28)17-9-11-26(12-10-17)19-5-7-20(8-6-19)27-16(2)13-18-14-21(25)23(29-3)15-22(18)27/h5-8,13-15,17H,4,9-12H2,1-3H3. The zero-order valence-corrected chi connectivity index (χ0v) is 17.7. The first-order chi connectivity index (χ1) is 14.5. The fourth-order valence-electron chi connectivity index (χ4n) is 4.29. The van der Waals surface area contributed by atoms with Gasteiger partial charge in [-0.2, -0.15) is 0 Å². The number of ether oxygens (including phenoxy) is 2. The Bertz CT molecular complexity index is 1050. The summed E-state index contributed by atoms with van der Waals surface area (Å²) in [5.74, 6) is -0.189. The van der Waals surface area contributed by atoms with Gasteiger partial charge in [0.05, 0.1) is 25.2 Å². The van der Waals surface area contributed by atoms with Gasteiger partial charge in [0.15, 0.2) is 11.6 Å². The number of esters is 1. The highest BCUT2D eigenvalue weighted by Crippen LogP contribution is 2.31. The maximum absolute atomic E-state index is 14.1. The van der Waals surface area contributed by atoms with Crippen LogP contribution in [-0.4, -0.2) is 37.3 Å². The lowest BCUT2D eigenvalue weighted by Gasteiger charge is -2.32. The van der Waals surface area contributed by atoms with E-state index >= 15 is 0 Å². The smallest absolute Gasteiger partial charge is 0.309 e. The number of carbonyl (C=O) groups excluding carboxylic acids is 1. The van der Waals surface area contributed by atoms with Crippen molar-refractivity contribution in [3.63, 3.8) is 0 Å². The molecule has 2 heterocycles. The Hall–Kier alpha value is -3.02. The van der Waals surface area contributed by atoms with Crippen LogP contribution in [0.1, 0.15) is 25.5 Å². The van der Waals surface area contributed by atoms with Crippen molar-refractivity contribution < 1.29 is 18.7 Å². The van der Waals surface area contributed by atoms with Crippen LogP contribution in [0.4, 0.5) is 10.1 Å². The second-order valence-corrected chi connectivity index (χ2v) is 7.70. The van der Waals surface area contributed by atoms with Gasteiger partial charge < -0.3 is 18.9 Å². The van der Waals surface area contributed by atoms with Crippen molar-refractivity contribution in [2.24, 2.45) is 5.92 Å². The number of anilines is 1. The maximum Gasteiger partial charge on any atom is 0.309 e. The number of piperidine rings is 1. The van der Waals surface area contributed by atoms with Crippen LogP contribution in [0.25, 0.3) is 16.6 Å². The molecule has 1 fully saturated rings. The summed E-state index contributed by atoms with van der Waals surface area (Å²) in [6.07, 6.45) is 1.63. The SMILES string of the molecule is CCOC(=O)C1CCN(c2ccc(-n3c(C)cc4cc(F)c(OC)cc43)cc2)CC1. The summed E-state index contributed by atoms with van der Waals surface area (Å²) in [6, 6.07) is 13.6. The van der Waals surface area contributed by atoms with Gasteiger partial charge in [0.2, 0.25) is 0 Å². The largest absolute Gasteiger partial charge is 0.494 e. The Morgan fingerprint density at radius 3 is 2.40 bits per heavy atom. The van der Waals surface area contributed by atoms with E-state index in [1.807, 2.05) is 19.9 Å². The van der Waals surface area contributed by atoms with E-state index in [0.717, 1.165) is 53.9 Å². The van der Waals surface area contributed by atoms with Crippen LogP contribution in [0.2, 0.25) is 0 Å². The van der Waals surface area contributed by atoms with E-state index in [0.29, 0.717) is 6.61 Å². The Labute approximate surface area is 176 Å². The summed E-state index contributed by atoms with van der Waals surface area (Å²) < 4.78 is 26.5. The number of hydrogen-bond donors (Lipinski definition) is 0. The molecule has 0 unspecified atom stereocenters. The minimum atomic E-state index is -0.358. The average molecular weight is 410 g/mol. The highest BCUT2D eigenvalue weighted by molar-refractivity contribution is 5.85. The average Bonchev–Trinajstić information content (AvgIpc) is 3.08. The number of halogens is 1. The van der Waals surface area contributed by atoms with Gasteiger partial charge in [0.1, 0.15) is 0 Å². The molecular formula is C24H27FN2O3. The van der Waals surface area contributed by atoms with Gasteiger partial charge in [-0.1, -0.05) is 0 Å². The van der Waals surface area contributed by atoms with Crippen molar-refractivity contribution in [2.75, 3.05) is 31.7 Å². The number of benzene rings is 2. The van der Waals surface area contributed by atoms with Gasteiger partial charge in [-0.15, -0.1) is 0 Å². The van der Waals surface area contributed by atoms with Crippen LogP contribution in [0.15, 0.2) is 42.5 Å². The Morgan fingerprint density at radius 2 is 1.77 bits per heavy atom. The molecular weight excluding hydrogens is 383 g/mol. The van der Waals surface area contributed by atoms with Crippen molar-refractivity contribution in [3.8, 4) is 11.4 Å². The molecule has 1 aliphatic heterocycles. The monoisotopic (exact) mass is 410 g/mol. The fourth-order valence-corrected chi connectivity index (χ4v) is 4.29.